The third-order valence-corrected chi connectivity index (χ3v) is 7.29. The fourth-order valence-electron chi connectivity index (χ4n) is 5.05. The number of aromatic hydroxyl groups is 1. The summed E-state index contributed by atoms with van der Waals surface area (Å²) < 4.78 is 21.9. The average molecular weight is 602 g/mol. The summed E-state index contributed by atoms with van der Waals surface area (Å²) in [5.74, 6) is -3.71. The molecular formula is C32H43NO10. The van der Waals surface area contributed by atoms with E-state index in [2.05, 4.69) is 0 Å². The molecule has 2 N–H and O–H groups in total. The number of anilines is 1. The van der Waals surface area contributed by atoms with Gasteiger partial charge in [0.25, 0.3) is 5.91 Å². The second kappa shape index (κ2) is 15.6. The lowest BCUT2D eigenvalue weighted by atomic mass is 9.89. The van der Waals surface area contributed by atoms with Crippen LogP contribution >= 0.6 is 0 Å². The Hall–Kier alpha value is -3.80. The van der Waals surface area contributed by atoms with Gasteiger partial charge in [0.05, 0.1) is 18.9 Å². The topological polar surface area (TPSA) is 149 Å². The van der Waals surface area contributed by atoms with E-state index in [-0.39, 0.29) is 46.4 Å². The van der Waals surface area contributed by atoms with E-state index in [0.717, 1.165) is 11.8 Å². The van der Waals surface area contributed by atoms with E-state index >= 15 is 0 Å². The van der Waals surface area contributed by atoms with Gasteiger partial charge >= 0.3 is 5.97 Å². The molecule has 1 aliphatic rings. The molecule has 0 spiro atoms. The van der Waals surface area contributed by atoms with Gasteiger partial charge in [-0.2, -0.15) is 0 Å². The summed E-state index contributed by atoms with van der Waals surface area (Å²) in [6.45, 7) is 9.10. The molecule has 43 heavy (non-hydrogen) atoms. The number of ether oxygens (including phenoxy) is 4. The highest BCUT2D eigenvalue weighted by Gasteiger charge is 2.32. The highest BCUT2D eigenvalue weighted by molar-refractivity contribution is 6.21. The first kappa shape index (κ1) is 35.4. The quantitative estimate of drug-likeness (QED) is 0.296. The highest BCUT2D eigenvalue weighted by Crippen LogP contribution is 2.46. The van der Waals surface area contributed by atoms with Gasteiger partial charge in [-0.3, -0.25) is 19.2 Å². The standard InChI is InChI=1S/C32H43NO10/c1-17-13-23-30(38)24(16-27(31(23)42-9)43-22(6)35)33(21(5)34)32(39)18(2)11-10-12-25(40-7)28(36)19(3)15-20(4)29(37)26(14-17)41-8/h10-12,15-17,19,25-26,29,37-38H,13-14H2,1-9H3/t17-,19?,25+,26+,29-/m1/s1. The van der Waals surface area contributed by atoms with E-state index in [9.17, 15) is 29.4 Å². The minimum atomic E-state index is -1.05. The van der Waals surface area contributed by atoms with E-state index in [1.807, 2.05) is 6.92 Å². The SMILES string of the molecule is COc1c(OC(C)=O)cc2c(O)c1C[C@@H](C)C[C@H](OC)[C@H](O)C(C)=CC(C)C(=O)[C@@H](OC)C=CC=C(C)C(=O)N2C(C)=O. The van der Waals surface area contributed by atoms with Crippen LogP contribution in [0, 0.1) is 11.8 Å². The molecule has 11 nitrogen and oxygen atoms in total. The molecule has 5 atom stereocenters. The molecule has 1 aromatic carbocycles. The van der Waals surface area contributed by atoms with Crippen molar-refractivity contribution >= 4 is 29.3 Å². The molecule has 0 fully saturated rings. The number of amides is 2. The zero-order valence-corrected chi connectivity index (χ0v) is 26.3. The number of rotatable bonds is 4. The maximum Gasteiger partial charge on any atom is 0.308 e. The maximum atomic E-state index is 13.6. The molecule has 0 radical (unpaired) electrons. The van der Waals surface area contributed by atoms with Crippen molar-refractivity contribution in [3.63, 3.8) is 0 Å². The Bertz CT molecular complexity index is 1310. The molecule has 1 aliphatic heterocycles. The fourth-order valence-corrected chi connectivity index (χ4v) is 5.05. The summed E-state index contributed by atoms with van der Waals surface area (Å²) in [6.07, 6.45) is 3.79. The van der Waals surface area contributed by atoms with Gasteiger partial charge in [-0.25, -0.2) is 4.90 Å². The van der Waals surface area contributed by atoms with Crippen molar-refractivity contribution in [2.75, 3.05) is 26.2 Å². The van der Waals surface area contributed by atoms with Crippen molar-refractivity contribution in [2.45, 2.75) is 72.7 Å². The van der Waals surface area contributed by atoms with Crippen LogP contribution in [0.15, 0.2) is 41.5 Å². The van der Waals surface area contributed by atoms with Crippen molar-refractivity contribution < 1.29 is 48.3 Å². The molecule has 0 aliphatic carbocycles. The minimum Gasteiger partial charge on any atom is -0.505 e. The number of ketones is 1. The predicted molar refractivity (Wildman–Crippen MR) is 160 cm³/mol. The number of aliphatic hydroxyl groups excluding tert-OH is 1. The Morgan fingerprint density at radius 3 is 2.23 bits per heavy atom. The van der Waals surface area contributed by atoms with E-state index in [1.165, 1.54) is 59.5 Å². The van der Waals surface area contributed by atoms with Crippen LogP contribution in [0.1, 0.15) is 53.5 Å². The number of phenols is 1. The number of phenolic OH excluding ortho intramolecular Hbond substituents is 1. The number of aliphatic hydroxyl groups is 1. The number of esters is 1. The van der Waals surface area contributed by atoms with Gasteiger partial charge < -0.3 is 29.2 Å². The Morgan fingerprint density at radius 1 is 1.05 bits per heavy atom. The second-order valence-electron chi connectivity index (χ2n) is 10.8. The van der Waals surface area contributed by atoms with E-state index in [0.29, 0.717) is 12.0 Å². The number of nitrogens with zero attached hydrogens (tertiary/aromatic N) is 1. The van der Waals surface area contributed by atoms with Gasteiger partial charge in [-0.15, -0.1) is 0 Å². The van der Waals surface area contributed by atoms with Gasteiger partial charge in [0.2, 0.25) is 5.91 Å². The largest absolute Gasteiger partial charge is 0.505 e. The van der Waals surface area contributed by atoms with Crippen LogP contribution in [0.4, 0.5) is 5.69 Å². The molecule has 0 saturated carbocycles. The molecule has 1 heterocycles. The number of benzene rings is 1. The molecule has 2 amide bonds. The van der Waals surface area contributed by atoms with Crippen LogP contribution in [-0.2, 0) is 35.1 Å². The van der Waals surface area contributed by atoms with Crippen LogP contribution in [0.25, 0.3) is 0 Å². The third kappa shape index (κ3) is 8.62. The van der Waals surface area contributed by atoms with E-state index < -0.39 is 47.8 Å². The zero-order valence-electron chi connectivity index (χ0n) is 26.3. The van der Waals surface area contributed by atoms with Crippen molar-refractivity contribution in [3.8, 4) is 17.2 Å². The first-order chi connectivity index (χ1) is 20.2. The van der Waals surface area contributed by atoms with Crippen molar-refractivity contribution in [2.24, 2.45) is 11.8 Å². The number of hydrogen-bond acceptors (Lipinski definition) is 10. The summed E-state index contributed by atoms with van der Waals surface area (Å²) in [6, 6.07) is 1.20. The number of hydrogen-bond donors (Lipinski definition) is 2. The van der Waals surface area contributed by atoms with Gasteiger partial charge in [0.1, 0.15) is 18.0 Å². The number of Topliss-reactive ketones (excluding diaryl/α,β-unsaturated/α-hetero) is 1. The molecule has 0 aromatic heterocycles. The summed E-state index contributed by atoms with van der Waals surface area (Å²) in [5, 5.41) is 22.6. The third-order valence-electron chi connectivity index (χ3n) is 7.29. The lowest BCUT2D eigenvalue weighted by molar-refractivity contribution is -0.132. The number of carbonyl (C=O) groups excluding carboxylic acids is 4. The Morgan fingerprint density at radius 2 is 1.70 bits per heavy atom. The smallest absolute Gasteiger partial charge is 0.308 e. The Kier molecular flexibility index (Phi) is 12.8. The number of carbonyl (C=O) groups is 4. The van der Waals surface area contributed by atoms with Crippen LogP contribution in [0.2, 0.25) is 0 Å². The average Bonchev–Trinajstić information content (AvgIpc) is 2.94. The van der Waals surface area contributed by atoms with Crippen molar-refractivity contribution in [1.29, 1.82) is 0 Å². The zero-order chi connectivity index (χ0) is 32.6. The molecule has 236 valence electrons. The monoisotopic (exact) mass is 601 g/mol. The van der Waals surface area contributed by atoms with Gasteiger partial charge in [-0.05, 0) is 44.3 Å². The molecule has 1 aromatic rings. The first-order valence-electron chi connectivity index (χ1n) is 13.9. The minimum absolute atomic E-state index is 0.0591. The molecule has 2 rings (SSSR count). The predicted octanol–water partition coefficient (Wildman–Crippen LogP) is 3.83. The van der Waals surface area contributed by atoms with Crippen LogP contribution in [0.5, 0.6) is 17.2 Å². The molecule has 0 saturated heterocycles. The lowest BCUT2D eigenvalue weighted by Gasteiger charge is -2.28. The molecular weight excluding hydrogens is 558 g/mol. The number of fused-ring (bicyclic) bond motifs is 2. The number of allylic oxidation sites excluding steroid dienone is 3. The molecule has 1 unspecified atom stereocenters. The summed E-state index contributed by atoms with van der Waals surface area (Å²) in [5.41, 5.74) is 0.642. The maximum absolute atomic E-state index is 13.6. The van der Waals surface area contributed by atoms with E-state index in [4.69, 9.17) is 18.9 Å². The van der Waals surface area contributed by atoms with Gasteiger partial charge in [-0.1, -0.05) is 32.1 Å². The van der Waals surface area contributed by atoms with Gasteiger partial charge in [0, 0.05) is 51.2 Å². The summed E-state index contributed by atoms with van der Waals surface area (Å²) in [4.78, 5) is 52.3. The summed E-state index contributed by atoms with van der Waals surface area (Å²) in [7, 11) is 4.19. The molecule has 2 bridgehead atoms. The number of imide groups is 1. The Balaban J connectivity index is 2.86. The first-order valence-corrected chi connectivity index (χ1v) is 13.9. The van der Waals surface area contributed by atoms with Crippen LogP contribution in [-0.4, -0.2) is 73.4 Å². The summed E-state index contributed by atoms with van der Waals surface area (Å²) >= 11 is 0. The highest BCUT2D eigenvalue weighted by atomic mass is 16.6. The van der Waals surface area contributed by atoms with Crippen molar-refractivity contribution in [1.82, 2.24) is 0 Å². The van der Waals surface area contributed by atoms with Crippen molar-refractivity contribution in [3.05, 3.63) is 47.1 Å². The van der Waals surface area contributed by atoms with Crippen LogP contribution < -0.4 is 14.4 Å². The van der Waals surface area contributed by atoms with Gasteiger partial charge in [0.15, 0.2) is 17.3 Å². The van der Waals surface area contributed by atoms with Crippen LogP contribution in [0.3, 0.4) is 0 Å². The van der Waals surface area contributed by atoms with E-state index in [1.54, 1.807) is 19.9 Å². The normalized spacial score (nSPS) is 24.3. The number of methoxy groups -OCH3 is 3. The second-order valence-corrected chi connectivity index (χ2v) is 10.8. The lowest BCUT2D eigenvalue weighted by Crippen LogP contribution is -2.36. The molecule has 11 heteroatoms. The Labute approximate surface area is 252 Å². The fraction of sp³-hybridized carbons (Fsp3) is 0.500.